The van der Waals surface area contributed by atoms with Crippen molar-refractivity contribution >= 4 is 23.0 Å². The Kier molecular flexibility index (Phi) is 4.87. The lowest BCUT2D eigenvalue weighted by Crippen LogP contribution is -2.31. The second-order valence-corrected chi connectivity index (χ2v) is 3.89. The Labute approximate surface area is 110 Å². The molecule has 0 aliphatic carbocycles. The van der Waals surface area contributed by atoms with Crippen molar-refractivity contribution in [3.05, 3.63) is 30.1 Å². The number of imidazole rings is 1. The summed E-state index contributed by atoms with van der Waals surface area (Å²) in [5, 5.41) is 11.1. The predicted molar refractivity (Wildman–Crippen MR) is 71.2 cm³/mol. The van der Waals surface area contributed by atoms with Gasteiger partial charge in [-0.3, -0.25) is 0 Å². The largest absolute Gasteiger partial charge is 0.478 e. The standard InChI is InChI=1S/C8H6N2O2.C4H10N2O/c11-8(12)5-1-2-6-7(3-5)10-4-9-6;1-5-4(7)6(2)3/h1-4H,(H,9,10)(H,11,12);1-3H3,(H,5,7). The summed E-state index contributed by atoms with van der Waals surface area (Å²) in [5.41, 5.74) is 1.79. The van der Waals surface area contributed by atoms with Gasteiger partial charge in [-0.05, 0) is 18.2 Å². The number of nitrogens with zero attached hydrogens (tertiary/aromatic N) is 2. The van der Waals surface area contributed by atoms with E-state index in [4.69, 9.17) is 5.11 Å². The number of carboxylic acids is 1. The average Bonchev–Trinajstić information content (AvgIpc) is 2.85. The number of benzene rings is 1. The molecule has 2 aromatic rings. The number of urea groups is 1. The minimum absolute atomic E-state index is 0.0694. The summed E-state index contributed by atoms with van der Waals surface area (Å²) >= 11 is 0. The third kappa shape index (κ3) is 3.98. The van der Waals surface area contributed by atoms with Crippen molar-refractivity contribution in [2.45, 2.75) is 0 Å². The van der Waals surface area contributed by atoms with Gasteiger partial charge in [-0.2, -0.15) is 0 Å². The minimum atomic E-state index is -0.925. The Bertz CT molecular complexity index is 577. The number of H-pyrrole nitrogens is 1. The van der Waals surface area contributed by atoms with Crippen LogP contribution in [0.2, 0.25) is 0 Å². The smallest absolute Gasteiger partial charge is 0.335 e. The lowest BCUT2D eigenvalue weighted by molar-refractivity contribution is 0.0697. The van der Waals surface area contributed by atoms with Crippen LogP contribution in [0.15, 0.2) is 24.5 Å². The molecule has 0 saturated carbocycles. The molecule has 7 nitrogen and oxygen atoms in total. The molecule has 0 spiro atoms. The summed E-state index contributed by atoms with van der Waals surface area (Å²) in [6.45, 7) is 0. The van der Waals surface area contributed by atoms with Crippen LogP contribution in [-0.4, -0.2) is 53.1 Å². The van der Waals surface area contributed by atoms with Gasteiger partial charge < -0.3 is 20.3 Å². The van der Waals surface area contributed by atoms with Crippen molar-refractivity contribution < 1.29 is 14.7 Å². The van der Waals surface area contributed by atoms with Gasteiger partial charge in [0.05, 0.1) is 22.9 Å². The Hall–Kier alpha value is -2.57. The van der Waals surface area contributed by atoms with Gasteiger partial charge >= 0.3 is 12.0 Å². The number of carbonyl (C=O) groups excluding carboxylic acids is 1. The van der Waals surface area contributed by atoms with Crippen molar-refractivity contribution in [1.82, 2.24) is 20.2 Å². The minimum Gasteiger partial charge on any atom is -0.478 e. The molecule has 0 saturated heterocycles. The normalized spacial score (nSPS) is 9.42. The van der Waals surface area contributed by atoms with Crippen molar-refractivity contribution in [3.8, 4) is 0 Å². The number of aromatic amines is 1. The number of rotatable bonds is 1. The highest BCUT2D eigenvalue weighted by molar-refractivity contribution is 5.92. The van der Waals surface area contributed by atoms with Gasteiger partial charge in [-0.1, -0.05) is 0 Å². The second-order valence-electron chi connectivity index (χ2n) is 3.89. The quantitative estimate of drug-likeness (QED) is 0.719. The summed E-state index contributed by atoms with van der Waals surface area (Å²) in [4.78, 5) is 29.1. The molecule has 19 heavy (non-hydrogen) atoms. The molecule has 3 N–H and O–H groups in total. The number of aromatic carboxylic acids is 1. The maximum absolute atomic E-state index is 10.5. The first-order valence-electron chi connectivity index (χ1n) is 5.51. The molecule has 0 atom stereocenters. The molecule has 1 aromatic carbocycles. The summed E-state index contributed by atoms with van der Waals surface area (Å²) in [7, 11) is 4.99. The number of amides is 2. The van der Waals surface area contributed by atoms with Gasteiger partial charge in [0.25, 0.3) is 0 Å². The third-order valence-electron chi connectivity index (χ3n) is 2.29. The first-order valence-corrected chi connectivity index (χ1v) is 5.51. The molecular formula is C12H16N4O3. The number of fused-ring (bicyclic) bond motifs is 1. The van der Waals surface area contributed by atoms with E-state index in [1.165, 1.54) is 17.3 Å². The molecule has 0 aliphatic heterocycles. The highest BCUT2D eigenvalue weighted by Crippen LogP contribution is 2.10. The maximum atomic E-state index is 10.5. The summed E-state index contributed by atoms with van der Waals surface area (Å²) in [5.74, 6) is -0.925. The Morgan fingerprint density at radius 2 is 2.05 bits per heavy atom. The fourth-order valence-corrected chi connectivity index (χ4v) is 1.29. The third-order valence-corrected chi connectivity index (χ3v) is 2.29. The van der Waals surface area contributed by atoms with Gasteiger partial charge in [-0.15, -0.1) is 0 Å². The number of hydrogen-bond acceptors (Lipinski definition) is 3. The second kappa shape index (κ2) is 6.39. The Morgan fingerprint density at radius 3 is 2.53 bits per heavy atom. The molecule has 7 heteroatoms. The van der Waals surface area contributed by atoms with Crippen LogP contribution >= 0.6 is 0 Å². The monoisotopic (exact) mass is 264 g/mol. The molecule has 2 amide bonds. The fraction of sp³-hybridized carbons (Fsp3) is 0.250. The van der Waals surface area contributed by atoms with Crippen LogP contribution in [0.4, 0.5) is 4.79 Å². The SMILES string of the molecule is CNC(=O)N(C)C.O=C(O)c1ccc2nc[nH]c2c1. The molecule has 102 valence electrons. The average molecular weight is 264 g/mol. The highest BCUT2D eigenvalue weighted by atomic mass is 16.4. The van der Waals surface area contributed by atoms with Crippen molar-refractivity contribution in [1.29, 1.82) is 0 Å². The van der Waals surface area contributed by atoms with Crippen molar-refractivity contribution in [2.75, 3.05) is 21.1 Å². The number of carbonyl (C=O) groups is 2. The predicted octanol–water partition coefficient (Wildman–Crippen LogP) is 1.15. The lowest BCUT2D eigenvalue weighted by Gasteiger charge is -2.06. The molecule has 1 heterocycles. The van der Waals surface area contributed by atoms with Crippen molar-refractivity contribution in [2.24, 2.45) is 0 Å². The Morgan fingerprint density at radius 1 is 1.37 bits per heavy atom. The van der Waals surface area contributed by atoms with E-state index in [9.17, 15) is 9.59 Å². The molecule has 0 unspecified atom stereocenters. The molecule has 0 aliphatic rings. The van der Waals surface area contributed by atoms with E-state index in [1.54, 1.807) is 33.3 Å². The molecule has 0 fully saturated rings. The summed E-state index contributed by atoms with van der Waals surface area (Å²) in [6, 6.07) is 4.70. The van der Waals surface area contributed by atoms with Crippen LogP contribution in [-0.2, 0) is 0 Å². The number of carboxylic acid groups (broad SMARTS) is 1. The first kappa shape index (κ1) is 14.5. The van der Waals surface area contributed by atoms with Crippen LogP contribution in [0.1, 0.15) is 10.4 Å². The number of nitrogens with one attached hydrogen (secondary N) is 2. The van der Waals surface area contributed by atoms with Crippen LogP contribution in [0, 0.1) is 0 Å². The number of hydrogen-bond donors (Lipinski definition) is 3. The Balaban J connectivity index is 0.000000224. The van der Waals surface area contributed by atoms with E-state index in [2.05, 4.69) is 15.3 Å². The van der Waals surface area contributed by atoms with Crippen LogP contribution in [0.5, 0.6) is 0 Å². The molecule has 0 bridgehead atoms. The lowest BCUT2D eigenvalue weighted by atomic mass is 10.2. The van der Waals surface area contributed by atoms with E-state index in [-0.39, 0.29) is 11.6 Å². The summed E-state index contributed by atoms with van der Waals surface area (Å²) < 4.78 is 0. The first-order chi connectivity index (χ1) is 8.95. The van der Waals surface area contributed by atoms with E-state index in [0.717, 1.165) is 11.0 Å². The van der Waals surface area contributed by atoms with E-state index in [0.29, 0.717) is 0 Å². The molecular weight excluding hydrogens is 248 g/mol. The van der Waals surface area contributed by atoms with Crippen LogP contribution in [0.25, 0.3) is 11.0 Å². The maximum Gasteiger partial charge on any atom is 0.335 e. The van der Waals surface area contributed by atoms with Gasteiger partial charge in [0.15, 0.2) is 0 Å². The topological polar surface area (TPSA) is 98.3 Å². The molecule has 1 aromatic heterocycles. The summed E-state index contributed by atoms with van der Waals surface area (Å²) in [6.07, 6.45) is 1.54. The zero-order valence-corrected chi connectivity index (χ0v) is 11.0. The van der Waals surface area contributed by atoms with Crippen LogP contribution in [0.3, 0.4) is 0 Å². The van der Waals surface area contributed by atoms with Gasteiger partial charge in [-0.25, -0.2) is 14.6 Å². The van der Waals surface area contributed by atoms with Crippen molar-refractivity contribution in [3.63, 3.8) is 0 Å². The highest BCUT2D eigenvalue weighted by Gasteiger charge is 2.03. The van der Waals surface area contributed by atoms with Gasteiger partial charge in [0.1, 0.15) is 0 Å². The number of aromatic nitrogens is 2. The molecule has 0 radical (unpaired) electrons. The van der Waals surface area contributed by atoms with E-state index in [1.807, 2.05) is 0 Å². The fourth-order valence-electron chi connectivity index (χ4n) is 1.29. The zero-order valence-electron chi connectivity index (χ0n) is 11.0. The van der Waals surface area contributed by atoms with Crippen LogP contribution < -0.4 is 5.32 Å². The van der Waals surface area contributed by atoms with E-state index < -0.39 is 5.97 Å². The zero-order chi connectivity index (χ0) is 14.4. The van der Waals surface area contributed by atoms with Gasteiger partial charge in [0, 0.05) is 21.1 Å². The van der Waals surface area contributed by atoms with E-state index >= 15 is 0 Å². The van der Waals surface area contributed by atoms with Gasteiger partial charge in [0.2, 0.25) is 0 Å². The molecule has 2 rings (SSSR count).